The third kappa shape index (κ3) is 2.66. The zero-order valence-electron chi connectivity index (χ0n) is 7.82. The minimum absolute atomic E-state index is 0.0880. The number of halogens is 1. The van der Waals surface area contributed by atoms with E-state index in [1.54, 1.807) is 7.05 Å². The Kier molecular flexibility index (Phi) is 3.25. The second-order valence-corrected chi connectivity index (χ2v) is 3.46. The minimum atomic E-state index is -1.14. The number of nitrogens with one attached hydrogen (secondary N) is 1. The molecule has 0 bridgehead atoms. The third-order valence-corrected chi connectivity index (χ3v) is 2.06. The van der Waals surface area contributed by atoms with Crippen molar-refractivity contribution in [2.24, 2.45) is 7.05 Å². The summed E-state index contributed by atoms with van der Waals surface area (Å²) in [6, 6.07) is 0. The van der Waals surface area contributed by atoms with Gasteiger partial charge in [0.25, 0.3) is 0 Å². The number of hydrogen-bond acceptors (Lipinski definition) is 4. The molecule has 0 atom stereocenters. The van der Waals surface area contributed by atoms with Gasteiger partial charge in [0.1, 0.15) is 5.82 Å². The highest BCUT2D eigenvalue weighted by Crippen LogP contribution is 2.10. The van der Waals surface area contributed by atoms with Gasteiger partial charge in [-0.15, -0.1) is 0 Å². The standard InChI is InChI=1S/C8H8BrN3O3/c1-4(6(9)13)10-5-3-12(2)7(11-5)8(14)15/h3,10H,1H2,2H3,(H,14,15). The summed E-state index contributed by atoms with van der Waals surface area (Å²) in [4.78, 5) is 25.2. The molecule has 1 aromatic rings. The molecule has 7 heteroatoms. The number of rotatable bonds is 4. The fourth-order valence-corrected chi connectivity index (χ4v) is 1.03. The van der Waals surface area contributed by atoms with Crippen molar-refractivity contribution in [3.05, 3.63) is 24.3 Å². The van der Waals surface area contributed by atoms with Gasteiger partial charge in [-0.2, -0.15) is 0 Å². The highest BCUT2D eigenvalue weighted by Gasteiger charge is 2.13. The van der Waals surface area contributed by atoms with E-state index in [-0.39, 0.29) is 17.3 Å². The van der Waals surface area contributed by atoms with Crippen LogP contribution in [-0.4, -0.2) is 25.3 Å². The number of anilines is 1. The number of carboxylic acids is 1. The molecule has 0 aliphatic rings. The van der Waals surface area contributed by atoms with E-state index in [1.807, 2.05) is 0 Å². The molecule has 1 aromatic heterocycles. The Balaban J connectivity index is 2.89. The van der Waals surface area contributed by atoms with Gasteiger partial charge in [0, 0.05) is 13.2 Å². The van der Waals surface area contributed by atoms with Crippen LogP contribution in [0, 0.1) is 0 Å². The van der Waals surface area contributed by atoms with Crippen molar-refractivity contribution in [3.63, 3.8) is 0 Å². The first-order valence-electron chi connectivity index (χ1n) is 3.84. The Bertz CT molecular complexity index is 438. The van der Waals surface area contributed by atoms with E-state index >= 15 is 0 Å². The van der Waals surface area contributed by atoms with E-state index < -0.39 is 10.7 Å². The molecule has 0 aliphatic heterocycles. The van der Waals surface area contributed by atoms with Crippen molar-refractivity contribution in [2.75, 3.05) is 5.32 Å². The van der Waals surface area contributed by atoms with Crippen LogP contribution in [0.15, 0.2) is 18.5 Å². The van der Waals surface area contributed by atoms with E-state index in [9.17, 15) is 9.59 Å². The van der Waals surface area contributed by atoms with Crippen LogP contribution in [0.1, 0.15) is 10.6 Å². The largest absolute Gasteiger partial charge is 0.475 e. The maximum Gasteiger partial charge on any atom is 0.372 e. The maximum absolute atomic E-state index is 10.8. The summed E-state index contributed by atoms with van der Waals surface area (Å²) >= 11 is 2.70. The van der Waals surface area contributed by atoms with Crippen LogP contribution in [0.25, 0.3) is 0 Å². The quantitative estimate of drug-likeness (QED) is 0.631. The number of nitrogens with zero attached hydrogens (tertiary/aromatic N) is 2. The molecule has 80 valence electrons. The number of aryl methyl sites for hydroxylation is 1. The molecule has 6 nitrogen and oxygen atoms in total. The van der Waals surface area contributed by atoms with Gasteiger partial charge < -0.3 is 15.0 Å². The monoisotopic (exact) mass is 273 g/mol. The molecule has 0 aliphatic carbocycles. The third-order valence-electron chi connectivity index (χ3n) is 1.58. The summed E-state index contributed by atoms with van der Waals surface area (Å²) in [6.07, 6.45) is 1.45. The lowest BCUT2D eigenvalue weighted by atomic mass is 10.5. The molecule has 2 N–H and O–H groups in total. The molecular formula is C8H8BrN3O3. The van der Waals surface area contributed by atoms with Crippen LogP contribution in [0.2, 0.25) is 0 Å². The second-order valence-electron chi connectivity index (χ2n) is 2.74. The fourth-order valence-electron chi connectivity index (χ4n) is 0.929. The summed E-state index contributed by atoms with van der Waals surface area (Å²) in [5, 5.41) is 11.3. The zero-order chi connectivity index (χ0) is 11.6. The minimum Gasteiger partial charge on any atom is -0.475 e. The summed E-state index contributed by atoms with van der Waals surface area (Å²) < 4.78 is 0.918. The van der Waals surface area contributed by atoms with Gasteiger partial charge in [0.2, 0.25) is 10.5 Å². The molecule has 0 unspecified atom stereocenters. The first-order valence-corrected chi connectivity index (χ1v) is 4.63. The molecule has 1 rings (SSSR count). The summed E-state index contributed by atoms with van der Waals surface area (Å²) in [5.41, 5.74) is 0.0880. The van der Waals surface area contributed by atoms with Crippen LogP contribution in [0.5, 0.6) is 0 Å². The molecular weight excluding hydrogens is 266 g/mol. The molecule has 0 saturated heterocycles. The van der Waals surface area contributed by atoms with Crippen molar-refractivity contribution in [3.8, 4) is 0 Å². The highest BCUT2D eigenvalue weighted by atomic mass is 79.9. The summed E-state index contributed by atoms with van der Waals surface area (Å²) in [7, 11) is 1.54. The molecule has 0 radical (unpaired) electrons. The van der Waals surface area contributed by atoms with Crippen molar-refractivity contribution in [1.82, 2.24) is 9.55 Å². The highest BCUT2D eigenvalue weighted by molar-refractivity contribution is 9.18. The van der Waals surface area contributed by atoms with Gasteiger partial charge >= 0.3 is 5.97 Å². The number of carboxylic acid groups (broad SMARTS) is 1. The second kappa shape index (κ2) is 4.26. The molecule has 0 saturated carbocycles. The van der Waals surface area contributed by atoms with Gasteiger partial charge in [-0.25, -0.2) is 9.78 Å². The first-order chi connectivity index (χ1) is 6.91. The maximum atomic E-state index is 10.8. The van der Waals surface area contributed by atoms with Crippen molar-refractivity contribution in [2.45, 2.75) is 0 Å². The van der Waals surface area contributed by atoms with Crippen LogP contribution in [0.4, 0.5) is 5.82 Å². The fraction of sp³-hybridized carbons (Fsp3) is 0.125. The van der Waals surface area contributed by atoms with Crippen LogP contribution in [0.3, 0.4) is 0 Å². The molecule has 0 fully saturated rings. The van der Waals surface area contributed by atoms with Gasteiger partial charge in [0.05, 0.1) is 5.70 Å². The van der Waals surface area contributed by atoms with Crippen LogP contribution < -0.4 is 5.32 Å². The number of aromatic carboxylic acids is 1. The Morgan fingerprint density at radius 2 is 2.27 bits per heavy atom. The van der Waals surface area contributed by atoms with Crippen LogP contribution >= 0.6 is 15.9 Å². The van der Waals surface area contributed by atoms with Gasteiger partial charge in [-0.3, -0.25) is 4.79 Å². The lowest BCUT2D eigenvalue weighted by Crippen LogP contribution is -2.06. The number of imidazole rings is 1. The van der Waals surface area contributed by atoms with Crippen molar-refractivity contribution in [1.29, 1.82) is 0 Å². The molecule has 0 amide bonds. The summed E-state index contributed by atoms with van der Waals surface area (Å²) in [6.45, 7) is 3.43. The Morgan fingerprint density at radius 1 is 1.67 bits per heavy atom. The number of hydrogen-bond donors (Lipinski definition) is 2. The van der Waals surface area contributed by atoms with E-state index in [4.69, 9.17) is 5.11 Å². The first kappa shape index (κ1) is 11.4. The molecule has 0 spiro atoms. The van der Waals surface area contributed by atoms with E-state index in [1.165, 1.54) is 10.8 Å². The Hall–Kier alpha value is -1.63. The topological polar surface area (TPSA) is 84.2 Å². The molecule has 15 heavy (non-hydrogen) atoms. The van der Waals surface area contributed by atoms with E-state index in [0.717, 1.165) is 0 Å². The van der Waals surface area contributed by atoms with Crippen molar-refractivity contribution >= 4 is 32.4 Å². The van der Waals surface area contributed by atoms with E-state index in [0.29, 0.717) is 0 Å². The lowest BCUT2D eigenvalue weighted by molar-refractivity contribution is -0.107. The smallest absolute Gasteiger partial charge is 0.372 e. The number of allylic oxidation sites excluding steroid dienone is 1. The summed E-state index contributed by atoms with van der Waals surface area (Å²) in [5.74, 6) is -0.999. The number of carbonyl (C=O) groups is 2. The normalized spacial score (nSPS) is 9.73. The predicted octanol–water partition coefficient (Wildman–Crippen LogP) is 0.965. The van der Waals surface area contributed by atoms with Crippen LogP contribution in [-0.2, 0) is 11.8 Å². The predicted molar refractivity (Wildman–Crippen MR) is 56.9 cm³/mol. The van der Waals surface area contributed by atoms with E-state index in [2.05, 4.69) is 32.8 Å². The SMILES string of the molecule is C=C(Nc1cn(C)c(C(=O)O)n1)C(=O)Br. The molecule has 0 aromatic carbocycles. The number of carbonyl (C=O) groups excluding carboxylic acids is 1. The number of aromatic nitrogens is 2. The van der Waals surface area contributed by atoms with Gasteiger partial charge in [0.15, 0.2) is 0 Å². The Labute approximate surface area is 93.7 Å². The average Bonchev–Trinajstić information content (AvgIpc) is 2.46. The van der Waals surface area contributed by atoms with Gasteiger partial charge in [-0.1, -0.05) is 6.58 Å². The van der Waals surface area contributed by atoms with Crippen molar-refractivity contribution < 1.29 is 14.7 Å². The lowest BCUT2D eigenvalue weighted by Gasteiger charge is -1.99. The van der Waals surface area contributed by atoms with Gasteiger partial charge in [-0.05, 0) is 15.9 Å². The average molecular weight is 274 g/mol. The zero-order valence-corrected chi connectivity index (χ0v) is 9.41. The Morgan fingerprint density at radius 3 is 2.67 bits per heavy atom. The molecule has 1 heterocycles.